The number of urea groups is 1. The van der Waals surface area contributed by atoms with Gasteiger partial charge in [-0.2, -0.15) is 0 Å². The number of imide groups is 1. The van der Waals surface area contributed by atoms with E-state index in [1.807, 2.05) is 0 Å². The molecule has 1 unspecified atom stereocenters. The number of halogens is 2. The number of nitrogens with zero attached hydrogens (tertiary/aromatic N) is 1. The molecule has 1 atom stereocenters. The van der Waals surface area contributed by atoms with Gasteiger partial charge in [-0.1, -0.05) is 30.3 Å². The second-order valence-electron chi connectivity index (χ2n) is 5.86. The van der Waals surface area contributed by atoms with E-state index in [2.05, 4.69) is 10.6 Å². The molecule has 1 aliphatic rings. The van der Waals surface area contributed by atoms with Crippen LogP contribution in [0.1, 0.15) is 23.1 Å². The van der Waals surface area contributed by atoms with Crippen molar-refractivity contribution in [2.75, 3.05) is 0 Å². The summed E-state index contributed by atoms with van der Waals surface area (Å²) in [6, 6.07) is 7.68. The van der Waals surface area contributed by atoms with Gasteiger partial charge in [0.1, 0.15) is 0 Å². The van der Waals surface area contributed by atoms with E-state index in [0.717, 1.165) is 0 Å². The molecular formula is C17H15F2N3O3. The van der Waals surface area contributed by atoms with Gasteiger partial charge in [0, 0.05) is 17.3 Å². The molecule has 1 saturated heterocycles. The lowest BCUT2D eigenvalue weighted by atomic mass is 9.89. The van der Waals surface area contributed by atoms with Crippen LogP contribution >= 0.6 is 0 Å². The Labute approximate surface area is 141 Å². The molecule has 0 aliphatic carbocycles. The number of pyridine rings is 1. The third-order valence-electron chi connectivity index (χ3n) is 4.22. The Morgan fingerprint density at radius 1 is 1.12 bits per heavy atom. The molecule has 1 fully saturated rings. The maximum Gasteiger partial charge on any atom is 0.322 e. The van der Waals surface area contributed by atoms with Crippen LogP contribution < -0.4 is 16.2 Å². The largest absolute Gasteiger partial charge is 0.322 e. The van der Waals surface area contributed by atoms with Gasteiger partial charge in [0.15, 0.2) is 5.54 Å². The Morgan fingerprint density at radius 3 is 2.36 bits per heavy atom. The number of nitrogens with one attached hydrogen (secondary N) is 2. The van der Waals surface area contributed by atoms with Gasteiger partial charge in [-0.3, -0.25) is 14.9 Å². The van der Waals surface area contributed by atoms with E-state index in [1.54, 1.807) is 19.1 Å². The van der Waals surface area contributed by atoms with Crippen molar-refractivity contribution in [2.24, 2.45) is 0 Å². The van der Waals surface area contributed by atoms with Crippen LogP contribution in [0, 0.1) is 6.92 Å². The van der Waals surface area contributed by atoms with E-state index < -0.39 is 23.9 Å². The topological polar surface area (TPSA) is 80.2 Å². The molecule has 130 valence electrons. The third kappa shape index (κ3) is 2.90. The molecule has 6 nitrogen and oxygen atoms in total. The molecule has 0 radical (unpaired) electrons. The minimum atomic E-state index is -2.64. The first kappa shape index (κ1) is 16.8. The van der Waals surface area contributed by atoms with E-state index in [1.165, 1.54) is 35.0 Å². The van der Waals surface area contributed by atoms with E-state index >= 15 is 0 Å². The van der Waals surface area contributed by atoms with Gasteiger partial charge < -0.3 is 9.88 Å². The Hall–Kier alpha value is -3.03. The molecule has 1 aromatic carbocycles. The molecule has 3 rings (SSSR count). The number of hydrogen-bond acceptors (Lipinski definition) is 3. The van der Waals surface area contributed by atoms with Gasteiger partial charge in [-0.15, -0.1) is 0 Å². The van der Waals surface area contributed by atoms with Crippen molar-refractivity contribution in [1.82, 2.24) is 15.2 Å². The van der Waals surface area contributed by atoms with Gasteiger partial charge in [-0.25, -0.2) is 13.6 Å². The number of aromatic nitrogens is 1. The summed E-state index contributed by atoms with van der Waals surface area (Å²) in [5, 5.41) is 4.68. The predicted molar refractivity (Wildman–Crippen MR) is 85.2 cm³/mol. The monoisotopic (exact) mass is 347 g/mol. The minimum Gasteiger partial charge on any atom is -0.318 e. The fourth-order valence-corrected chi connectivity index (χ4v) is 2.85. The average molecular weight is 347 g/mol. The van der Waals surface area contributed by atoms with Gasteiger partial charge in [0.05, 0.1) is 6.54 Å². The SMILES string of the molecule is Cc1cccn(CC2(c3ccc(C(F)F)cc3)NC(=O)NC2=O)c1=O. The molecule has 25 heavy (non-hydrogen) atoms. The van der Waals surface area contributed by atoms with Gasteiger partial charge >= 0.3 is 6.03 Å². The number of benzene rings is 1. The highest BCUT2D eigenvalue weighted by atomic mass is 19.3. The van der Waals surface area contributed by atoms with E-state index in [9.17, 15) is 23.2 Å². The first-order valence-corrected chi connectivity index (χ1v) is 7.52. The normalized spacial score (nSPS) is 19.8. The van der Waals surface area contributed by atoms with Crippen molar-refractivity contribution in [3.05, 3.63) is 69.6 Å². The maximum atomic E-state index is 12.8. The van der Waals surface area contributed by atoms with Crippen LogP contribution in [0.3, 0.4) is 0 Å². The van der Waals surface area contributed by atoms with Crippen molar-refractivity contribution >= 4 is 11.9 Å². The summed E-state index contributed by atoms with van der Waals surface area (Å²) in [6.45, 7) is 1.48. The maximum absolute atomic E-state index is 12.8. The zero-order chi connectivity index (χ0) is 18.2. The second kappa shape index (κ2) is 6.12. The summed E-state index contributed by atoms with van der Waals surface area (Å²) in [7, 11) is 0. The van der Waals surface area contributed by atoms with E-state index in [0.29, 0.717) is 11.1 Å². The van der Waals surface area contributed by atoms with Gasteiger partial charge in [0.25, 0.3) is 17.9 Å². The molecule has 2 aromatic rings. The van der Waals surface area contributed by atoms with Crippen molar-refractivity contribution in [2.45, 2.75) is 25.4 Å². The second-order valence-corrected chi connectivity index (χ2v) is 5.86. The van der Waals surface area contributed by atoms with Crippen molar-refractivity contribution in [3.63, 3.8) is 0 Å². The third-order valence-corrected chi connectivity index (χ3v) is 4.22. The summed E-state index contributed by atoms with van der Waals surface area (Å²) in [4.78, 5) is 36.5. The fourth-order valence-electron chi connectivity index (χ4n) is 2.85. The minimum absolute atomic E-state index is 0.154. The standard InChI is InChI=1S/C17H15F2N3O3/c1-10-3-2-8-22(14(10)23)9-17(15(24)20-16(25)21-17)12-6-4-11(5-7-12)13(18)19/h2-8,13H,9H2,1H3,(H2,20,21,24,25). The zero-order valence-corrected chi connectivity index (χ0v) is 13.3. The number of alkyl halides is 2. The summed E-state index contributed by atoms with van der Waals surface area (Å²) < 4.78 is 26.8. The highest BCUT2D eigenvalue weighted by molar-refractivity contribution is 6.07. The number of carbonyl (C=O) groups is 2. The molecule has 3 amide bonds. The first-order chi connectivity index (χ1) is 11.8. The number of carbonyl (C=O) groups excluding carboxylic acids is 2. The van der Waals surface area contributed by atoms with Crippen LogP contribution in [0.4, 0.5) is 13.6 Å². The lowest BCUT2D eigenvalue weighted by molar-refractivity contribution is -0.124. The van der Waals surface area contributed by atoms with E-state index in [4.69, 9.17) is 0 Å². The average Bonchev–Trinajstić information content (AvgIpc) is 2.86. The van der Waals surface area contributed by atoms with Crippen LogP contribution in [0.25, 0.3) is 0 Å². The zero-order valence-electron chi connectivity index (χ0n) is 13.3. The molecule has 0 bridgehead atoms. The van der Waals surface area contributed by atoms with E-state index in [-0.39, 0.29) is 17.7 Å². The molecule has 0 saturated carbocycles. The quantitative estimate of drug-likeness (QED) is 0.828. The van der Waals surface area contributed by atoms with Crippen LogP contribution in [0.5, 0.6) is 0 Å². The number of amides is 3. The van der Waals surface area contributed by atoms with Crippen LogP contribution in [0.15, 0.2) is 47.4 Å². The summed E-state index contributed by atoms with van der Waals surface area (Å²) in [5.41, 5.74) is -1.25. The molecule has 2 heterocycles. The fraction of sp³-hybridized carbons (Fsp3) is 0.235. The molecule has 0 spiro atoms. The van der Waals surface area contributed by atoms with Crippen molar-refractivity contribution < 1.29 is 18.4 Å². The summed E-state index contributed by atoms with van der Waals surface area (Å²) >= 11 is 0. The lowest BCUT2D eigenvalue weighted by Gasteiger charge is -2.27. The first-order valence-electron chi connectivity index (χ1n) is 7.52. The van der Waals surface area contributed by atoms with Crippen molar-refractivity contribution in [1.29, 1.82) is 0 Å². The van der Waals surface area contributed by atoms with Gasteiger partial charge in [-0.05, 0) is 18.6 Å². The molecule has 1 aliphatic heterocycles. The summed E-state index contributed by atoms with van der Waals surface area (Å²) in [5.74, 6) is -0.643. The van der Waals surface area contributed by atoms with Crippen molar-refractivity contribution in [3.8, 4) is 0 Å². The molecule has 8 heteroatoms. The summed E-state index contributed by atoms with van der Waals surface area (Å²) in [6.07, 6.45) is -1.14. The molecule has 2 N–H and O–H groups in total. The highest BCUT2D eigenvalue weighted by Crippen LogP contribution is 2.29. The Morgan fingerprint density at radius 2 is 1.80 bits per heavy atom. The Kier molecular flexibility index (Phi) is 4.12. The Balaban J connectivity index is 2.08. The number of aryl methyl sites for hydroxylation is 1. The molecular weight excluding hydrogens is 332 g/mol. The highest BCUT2D eigenvalue weighted by Gasteiger charge is 2.48. The number of rotatable bonds is 4. The van der Waals surface area contributed by atoms with Crippen LogP contribution in [-0.4, -0.2) is 16.5 Å². The van der Waals surface area contributed by atoms with Crippen LogP contribution in [-0.2, 0) is 16.9 Å². The lowest BCUT2D eigenvalue weighted by Crippen LogP contribution is -2.49. The number of hydrogen-bond donors (Lipinski definition) is 2. The Bertz CT molecular complexity index is 893. The molecule has 1 aromatic heterocycles. The van der Waals surface area contributed by atoms with Crippen LogP contribution in [0.2, 0.25) is 0 Å². The predicted octanol–water partition coefficient (Wildman–Crippen LogP) is 1.83. The van der Waals surface area contributed by atoms with Gasteiger partial charge in [0.2, 0.25) is 0 Å². The smallest absolute Gasteiger partial charge is 0.318 e.